The molecule has 0 aliphatic heterocycles. The molecule has 5 nitrogen and oxygen atoms in total. The van der Waals surface area contributed by atoms with Crippen LogP contribution in [0.4, 0.5) is 0 Å². The van der Waals surface area contributed by atoms with Crippen molar-refractivity contribution in [1.82, 2.24) is 10.2 Å². The Kier molecular flexibility index (Phi) is 8.14. The molecule has 2 aromatic rings. The van der Waals surface area contributed by atoms with Crippen LogP contribution in [-0.4, -0.2) is 42.5 Å². The van der Waals surface area contributed by atoms with Crippen LogP contribution in [0.2, 0.25) is 5.02 Å². The lowest BCUT2D eigenvalue weighted by Crippen LogP contribution is -2.50. The Labute approximate surface area is 165 Å². The topological polar surface area (TPSA) is 58.6 Å². The Morgan fingerprint density at radius 1 is 1.15 bits per heavy atom. The van der Waals surface area contributed by atoms with Crippen molar-refractivity contribution >= 4 is 23.4 Å². The van der Waals surface area contributed by atoms with Crippen molar-refractivity contribution in [2.75, 3.05) is 19.7 Å². The van der Waals surface area contributed by atoms with Crippen molar-refractivity contribution in [3.05, 3.63) is 65.2 Å². The molecule has 1 atom stereocenters. The minimum atomic E-state index is -0.580. The van der Waals surface area contributed by atoms with E-state index in [-0.39, 0.29) is 18.4 Å². The summed E-state index contributed by atoms with van der Waals surface area (Å²) in [6, 6.07) is 16.2. The standard InChI is InChI=1S/C21H25ClN2O3/c1-3-23-21(26)16(2)24(13-12-17-8-5-4-6-9-17)20(25)15-27-19-11-7-10-18(22)14-19/h4-11,14,16H,3,12-13,15H2,1-2H3,(H,23,26). The highest BCUT2D eigenvalue weighted by molar-refractivity contribution is 6.30. The van der Waals surface area contributed by atoms with Crippen LogP contribution in [0.3, 0.4) is 0 Å². The number of carbonyl (C=O) groups is 2. The summed E-state index contributed by atoms with van der Waals surface area (Å²) in [6.45, 7) is 4.37. The van der Waals surface area contributed by atoms with Crippen LogP contribution in [0.1, 0.15) is 19.4 Å². The summed E-state index contributed by atoms with van der Waals surface area (Å²) in [5, 5.41) is 3.31. The van der Waals surface area contributed by atoms with Crippen LogP contribution >= 0.6 is 11.6 Å². The molecule has 27 heavy (non-hydrogen) atoms. The van der Waals surface area contributed by atoms with Crippen LogP contribution in [-0.2, 0) is 16.0 Å². The highest BCUT2D eigenvalue weighted by Gasteiger charge is 2.25. The molecule has 0 aromatic heterocycles. The quantitative estimate of drug-likeness (QED) is 0.716. The van der Waals surface area contributed by atoms with E-state index < -0.39 is 6.04 Å². The molecule has 0 spiro atoms. The van der Waals surface area contributed by atoms with Gasteiger partial charge in [0.1, 0.15) is 11.8 Å². The molecule has 0 fully saturated rings. The Bertz CT molecular complexity index is 752. The first kappa shape index (κ1) is 20.8. The molecule has 0 saturated carbocycles. The predicted octanol–water partition coefficient (Wildman–Crippen LogP) is 3.31. The number of halogens is 1. The monoisotopic (exact) mass is 388 g/mol. The number of carbonyl (C=O) groups excluding carboxylic acids is 2. The number of nitrogens with one attached hydrogen (secondary N) is 1. The summed E-state index contributed by atoms with van der Waals surface area (Å²) in [7, 11) is 0. The summed E-state index contributed by atoms with van der Waals surface area (Å²) < 4.78 is 5.56. The smallest absolute Gasteiger partial charge is 0.261 e. The van der Waals surface area contributed by atoms with Crippen LogP contribution in [0, 0.1) is 0 Å². The van der Waals surface area contributed by atoms with Gasteiger partial charge in [-0.05, 0) is 44.0 Å². The zero-order valence-corrected chi connectivity index (χ0v) is 16.4. The second kappa shape index (κ2) is 10.6. The van der Waals surface area contributed by atoms with E-state index in [2.05, 4.69) is 5.32 Å². The maximum Gasteiger partial charge on any atom is 0.261 e. The van der Waals surface area contributed by atoms with Gasteiger partial charge in [0.25, 0.3) is 5.91 Å². The second-order valence-electron chi connectivity index (χ2n) is 6.14. The molecule has 0 radical (unpaired) electrons. The third-order valence-corrected chi connectivity index (χ3v) is 4.40. The molecule has 2 amide bonds. The number of amides is 2. The number of rotatable bonds is 9. The van der Waals surface area contributed by atoms with E-state index in [0.29, 0.717) is 30.3 Å². The number of likely N-dealkylation sites (N-methyl/N-ethyl adjacent to an activating group) is 1. The lowest BCUT2D eigenvalue weighted by atomic mass is 10.1. The molecule has 0 saturated heterocycles. The first-order chi connectivity index (χ1) is 13.0. The molecule has 0 heterocycles. The Balaban J connectivity index is 2.04. The van der Waals surface area contributed by atoms with Crippen molar-refractivity contribution in [2.45, 2.75) is 26.3 Å². The fourth-order valence-electron chi connectivity index (χ4n) is 2.68. The molecule has 0 aliphatic rings. The van der Waals surface area contributed by atoms with Gasteiger partial charge >= 0.3 is 0 Å². The molecule has 2 aromatic carbocycles. The Morgan fingerprint density at radius 3 is 2.56 bits per heavy atom. The van der Waals surface area contributed by atoms with Gasteiger partial charge < -0.3 is 15.0 Å². The van der Waals surface area contributed by atoms with Gasteiger partial charge in [-0.25, -0.2) is 0 Å². The molecule has 2 rings (SSSR count). The van der Waals surface area contributed by atoms with Gasteiger partial charge in [-0.15, -0.1) is 0 Å². The van der Waals surface area contributed by atoms with Crippen molar-refractivity contribution in [3.8, 4) is 5.75 Å². The molecule has 144 valence electrons. The fourth-order valence-corrected chi connectivity index (χ4v) is 2.86. The molecule has 1 N–H and O–H groups in total. The summed E-state index contributed by atoms with van der Waals surface area (Å²) in [6.07, 6.45) is 0.660. The highest BCUT2D eigenvalue weighted by atomic mass is 35.5. The first-order valence-electron chi connectivity index (χ1n) is 9.00. The average molecular weight is 389 g/mol. The predicted molar refractivity (Wildman–Crippen MR) is 107 cm³/mol. The van der Waals surface area contributed by atoms with E-state index in [1.54, 1.807) is 36.1 Å². The van der Waals surface area contributed by atoms with E-state index in [9.17, 15) is 9.59 Å². The van der Waals surface area contributed by atoms with Crippen LogP contribution in [0.15, 0.2) is 54.6 Å². The van der Waals surface area contributed by atoms with Gasteiger partial charge in [0.15, 0.2) is 6.61 Å². The van der Waals surface area contributed by atoms with Gasteiger partial charge in [0, 0.05) is 18.1 Å². The third kappa shape index (κ3) is 6.61. The minimum Gasteiger partial charge on any atom is -0.484 e. The SMILES string of the molecule is CCNC(=O)C(C)N(CCc1ccccc1)C(=O)COc1cccc(Cl)c1. The zero-order valence-electron chi connectivity index (χ0n) is 15.7. The number of hydrogen-bond donors (Lipinski definition) is 1. The largest absolute Gasteiger partial charge is 0.484 e. The number of nitrogens with zero attached hydrogens (tertiary/aromatic N) is 1. The number of ether oxygens (including phenoxy) is 1. The molecule has 6 heteroatoms. The van der Waals surface area contributed by atoms with Crippen molar-refractivity contribution in [3.63, 3.8) is 0 Å². The first-order valence-corrected chi connectivity index (χ1v) is 9.38. The van der Waals surface area contributed by atoms with E-state index in [4.69, 9.17) is 16.3 Å². The van der Waals surface area contributed by atoms with Gasteiger partial charge in [-0.3, -0.25) is 9.59 Å². The average Bonchev–Trinajstić information content (AvgIpc) is 2.67. The van der Waals surface area contributed by atoms with Crippen LogP contribution in [0.25, 0.3) is 0 Å². The van der Waals surface area contributed by atoms with E-state index >= 15 is 0 Å². The molecular weight excluding hydrogens is 364 g/mol. The van der Waals surface area contributed by atoms with Crippen molar-refractivity contribution in [1.29, 1.82) is 0 Å². The normalized spacial score (nSPS) is 11.5. The summed E-state index contributed by atoms with van der Waals surface area (Å²) in [4.78, 5) is 26.6. The highest BCUT2D eigenvalue weighted by Crippen LogP contribution is 2.17. The number of benzene rings is 2. The lowest BCUT2D eigenvalue weighted by molar-refractivity contribution is -0.141. The maximum absolute atomic E-state index is 12.8. The van der Waals surface area contributed by atoms with Crippen LogP contribution in [0.5, 0.6) is 5.75 Å². The molecule has 0 bridgehead atoms. The van der Waals surface area contributed by atoms with Crippen molar-refractivity contribution in [2.24, 2.45) is 0 Å². The fraction of sp³-hybridized carbons (Fsp3) is 0.333. The van der Waals surface area contributed by atoms with Crippen LogP contribution < -0.4 is 10.1 Å². The minimum absolute atomic E-state index is 0.154. The molecule has 0 aliphatic carbocycles. The molecule has 1 unspecified atom stereocenters. The summed E-state index contributed by atoms with van der Waals surface area (Å²) >= 11 is 5.94. The van der Waals surface area contributed by atoms with Gasteiger partial charge in [-0.2, -0.15) is 0 Å². The van der Waals surface area contributed by atoms with E-state index in [1.807, 2.05) is 37.3 Å². The third-order valence-electron chi connectivity index (χ3n) is 4.16. The Morgan fingerprint density at radius 2 is 1.89 bits per heavy atom. The summed E-state index contributed by atoms with van der Waals surface area (Å²) in [5.74, 6) is 0.0934. The zero-order chi connectivity index (χ0) is 19.6. The van der Waals surface area contributed by atoms with E-state index in [0.717, 1.165) is 5.56 Å². The van der Waals surface area contributed by atoms with E-state index in [1.165, 1.54) is 0 Å². The van der Waals surface area contributed by atoms with Gasteiger partial charge in [0.2, 0.25) is 5.91 Å². The van der Waals surface area contributed by atoms with Gasteiger partial charge in [-0.1, -0.05) is 48.0 Å². The van der Waals surface area contributed by atoms with Gasteiger partial charge in [0.05, 0.1) is 0 Å². The maximum atomic E-state index is 12.8. The molecular formula is C21H25ClN2O3. The Hall–Kier alpha value is -2.53. The lowest BCUT2D eigenvalue weighted by Gasteiger charge is -2.28. The summed E-state index contributed by atoms with van der Waals surface area (Å²) in [5.41, 5.74) is 1.11. The number of hydrogen-bond acceptors (Lipinski definition) is 3. The van der Waals surface area contributed by atoms with Crippen molar-refractivity contribution < 1.29 is 14.3 Å². The second-order valence-corrected chi connectivity index (χ2v) is 6.58.